The smallest absolute Gasteiger partial charge is 0.308 e. The molecule has 0 aliphatic carbocycles. The van der Waals surface area contributed by atoms with Gasteiger partial charge < -0.3 is 9.13 Å². The molecule has 3 aromatic heterocycles. The van der Waals surface area contributed by atoms with Gasteiger partial charge in [-0.3, -0.25) is 0 Å². The van der Waals surface area contributed by atoms with E-state index in [2.05, 4.69) is 0 Å². The zero-order chi connectivity index (χ0) is 48.1. The van der Waals surface area contributed by atoms with Crippen molar-refractivity contribution in [1.82, 2.24) is 24.1 Å². The molecule has 0 radical (unpaired) electrons. The van der Waals surface area contributed by atoms with Crippen LogP contribution >= 0.6 is 0 Å². The molecule has 0 saturated heterocycles. The van der Waals surface area contributed by atoms with E-state index in [4.69, 9.17) is 15.0 Å². The summed E-state index contributed by atoms with van der Waals surface area (Å²) in [6.07, 6.45) is -19.8. The minimum absolute atomic E-state index is 0.0643. The summed E-state index contributed by atoms with van der Waals surface area (Å²) < 4.78 is 175. The lowest BCUT2D eigenvalue weighted by atomic mass is 10.0. The highest BCUT2D eigenvalue weighted by Crippen LogP contribution is 2.46. The van der Waals surface area contributed by atoms with Crippen LogP contribution in [0.25, 0.3) is 89.2 Å². The normalized spacial score (nSPS) is 12.7. The summed E-state index contributed by atoms with van der Waals surface area (Å²) in [6, 6.07) is 31.4. The van der Waals surface area contributed by atoms with Crippen molar-refractivity contribution in [2.75, 3.05) is 0 Å². The lowest BCUT2D eigenvalue weighted by Gasteiger charge is -2.21. The van der Waals surface area contributed by atoms with Crippen LogP contribution in [-0.4, -0.2) is 24.1 Å². The zero-order valence-corrected chi connectivity index (χ0v) is 34.1. The number of nitriles is 1. The fourth-order valence-electron chi connectivity index (χ4n) is 8.45. The summed E-state index contributed by atoms with van der Waals surface area (Å²) in [5, 5.41) is 9.56. The fraction of sp³-hybridized carbons (Fsp3) is 0.0800. The van der Waals surface area contributed by atoms with Crippen LogP contribution in [0.2, 0.25) is 0 Å². The van der Waals surface area contributed by atoms with E-state index in [1.165, 1.54) is 21.3 Å². The van der Waals surface area contributed by atoms with Crippen LogP contribution in [0.3, 0.4) is 0 Å². The second-order valence-electron chi connectivity index (χ2n) is 15.6. The number of aromatic nitrogens is 5. The van der Waals surface area contributed by atoms with Crippen molar-refractivity contribution < 1.29 is 52.7 Å². The Labute approximate surface area is 374 Å². The molecule has 68 heavy (non-hydrogen) atoms. The molecule has 0 atom stereocenters. The Bertz CT molecular complexity index is 3320. The molecule has 18 heteroatoms. The van der Waals surface area contributed by atoms with Crippen molar-refractivity contribution in [1.29, 1.82) is 5.26 Å². The average Bonchev–Trinajstić information content (AvgIpc) is 3.82. The van der Waals surface area contributed by atoms with E-state index < -0.39 is 47.0 Å². The highest BCUT2D eigenvalue weighted by molar-refractivity contribution is 6.12. The van der Waals surface area contributed by atoms with E-state index in [0.29, 0.717) is 35.4 Å². The highest BCUT2D eigenvalue weighted by atomic mass is 19.4. The number of hydrogen-bond donors (Lipinski definition) is 0. The molecular weight excluding hydrogens is 913 g/mol. The Morgan fingerprint density at radius 2 is 0.662 bits per heavy atom. The maximum absolute atomic E-state index is 14.3. The second-order valence-corrected chi connectivity index (χ2v) is 15.6. The summed E-state index contributed by atoms with van der Waals surface area (Å²) in [7, 11) is 0. The van der Waals surface area contributed by atoms with Crippen molar-refractivity contribution in [3.05, 3.63) is 173 Å². The van der Waals surface area contributed by atoms with Crippen molar-refractivity contribution in [2.24, 2.45) is 0 Å². The molecule has 0 bridgehead atoms. The number of nitrogens with zero attached hydrogens (tertiary/aromatic N) is 6. The van der Waals surface area contributed by atoms with Crippen LogP contribution in [0.4, 0.5) is 52.7 Å². The predicted molar refractivity (Wildman–Crippen MR) is 230 cm³/mol. The first-order valence-electron chi connectivity index (χ1n) is 20.1. The van der Waals surface area contributed by atoms with Crippen molar-refractivity contribution >= 4 is 43.6 Å². The Balaban J connectivity index is 1.42. The summed E-state index contributed by atoms with van der Waals surface area (Å²) in [4.78, 5) is 14.5. The minimum atomic E-state index is -4.94. The van der Waals surface area contributed by atoms with Crippen LogP contribution in [0, 0.1) is 11.3 Å². The van der Waals surface area contributed by atoms with Crippen LogP contribution in [-0.2, 0) is 24.7 Å². The third-order valence-corrected chi connectivity index (χ3v) is 11.5. The van der Waals surface area contributed by atoms with Gasteiger partial charge in [-0.2, -0.15) is 57.9 Å². The standard InChI is InChI=1S/C50H24F12N6/c51-47(52,53)29-11-15-37-33(21-29)34-22-30(48(54,55)56)12-16-38(34)67(37)41-19-26(25-63)20-42(43(41)46-65-44(27-7-3-1-4-8-27)64-45(66-46)28-9-5-2-6-10-28)68-39-17-13-31(49(57,58)59)23-35(39)36-24-32(50(60,61)62)14-18-40(36)68/h1-24H. The average molecular weight is 937 g/mol. The first-order chi connectivity index (χ1) is 32.2. The maximum atomic E-state index is 14.3. The van der Waals surface area contributed by atoms with Gasteiger partial charge in [0.15, 0.2) is 17.5 Å². The fourth-order valence-corrected chi connectivity index (χ4v) is 8.45. The molecule has 338 valence electrons. The van der Waals surface area contributed by atoms with E-state index in [0.717, 1.165) is 48.5 Å². The first-order valence-corrected chi connectivity index (χ1v) is 20.1. The van der Waals surface area contributed by atoms with Crippen LogP contribution in [0.5, 0.6) is 0 Å². The number of fused-ring (bicyclic) bond motifs is 6. The lowest BCUT2D eigenvalue weighted by molar-refractivity contribution is -0.138. The van der Waals surface area contributed by atoms with E-state index in [-0.39, 0.29) is 83.6 Å². The minimum Gasteiger partial charge on any atom is -0.308 e. The summed E-state index contributed by atoms with van der Waals surface area (Å²) >= 11 is 0. The molecule has 6 nitrogen and oxygen atoms in total. The summed E-state index contributed by atoms with van der Waals surface area (Å²) in [5.74, 6) is -0.0845. The molecular formula is C50H24F12N6. The maximum Gasteiger partial charge on any atom is 0.416 e. The number of benzene rings is 7. The number of hydrogen-bond acceptors (Lipinski definition) is 4. The van der Waals surface area contributed by atoms with Crippen molar-refractivity contribution in [3.63, 3.8) is 0 Å². The van der Waals surface area contributed by atoms with Gasteiger partial charge in [0.1, 0.15) is 0 Å². The largest absolute Gasteiger partial charge is 0.416 e. The molecule has 0 N–H and O–H groups in total. The van der Waals surface area contributed by atoms with Gasteiger partial charge in [-0.1, -0.05) is 60.7 Å². The van der Waals surface area contributed by atoms with E-state index in [1.807, 2.05) is 6.07 Å². The number of halogens is 12. The Morgan fingerprint density at radius 1 is 0.368 bits per heavy atom. The molecule has 0 aliphatic rings. The van der Waals surface area contributed by atoms with Gasteiger partial charge in [0.25, 0.3) is 0 Å². The van der Waals surface area contributed by atoms with Gasteiger partial charge in [0.05, 0.1) is 72.9 Å². The van der Waals surface area contributed by atoms with E-state index >= 15 is 0 Å². The predicted octanol–water partition coefficient (Wildman–Crippen LogP) is 15.0. The van der Waals surface area contributed by atoms with Gasteiger partial charge in [0, 0.05) is 32.7 Å². The Hall–Kier alpha value is -8.20. The van der Waals surface area contributed by atoms with E-state index in [9.17, 15) is 57.9 Å². The summed E-state index contributed by atoms with van der Waals surface area (Å²) in [5.41, 5.74) is -4.68. The van der Waals surface area contributed by atoms with E-state index in [1.54, 1.807) is 60.7 Å². The van der Waals surface area contributed by atoms with Crippen LogP contribution < -0.4 is 0 Å². The monoisotopic (exact) mass is 936 g/mol. The lowest BCUT2D eigenvalue weighted by Crippen LogP contribution is -2.09. The Morgan fingerprint density at radius 3 is 0.941 bits per heavy atom. The van der Waals surface area contributed by atoms with Gasteiger partial charge >= 0.3 is 24.7 Å². The molecule has 0 unspecified atom stereocenters. The molecule has 0 spiro atoms. The van der Waals surface area contributed by atoms with Crippen LogP contribution in [0.15, 0.2) is 146 Å². The number of alkyl halides is 12. The molecule has 10 aromatic rings. The zero-order valence-electron chi connectivity index (χ0n) is 34.1. The second kappa shape index (κ2) is 15.4. The number of rotatable bonds is 5. The SMILES string of the molecule is N#Cc1cc(-n2c3ccc(C(F)(F)F)cc3c3cc(C(F)(F)F)ccc32)c(-c2nc(-c3ccccc3)nc(-c3ccccc3)n2)c(-n2c3ccc(C(F)(F)F)cc3c3cc(C(F)(F)F)ccc32)c1. The first kappa shape index (κ1) is 43.7. The van der Waals surface area contributed by atoms with Gasteiger partial charge in [-0.15, -0.1) is 0 Å². The van der Waals surface area contributed by atoms with Gasteiger partial charge in [0.2, 0.25) is 0 Å². The molecule has 0 aliphatic heterocycles. The van der Waals surface area contributed by atoms with Crippen molar-refractivity contribution in [3.8, 4) is 51.6 Å². The summed E-state index contributed by atoms with van der Waals surface area (Å²) in [6.45, 7) is 0. The third-order valence-electron chi connectivity index (χ3n) is 11.5. The quantitative estimate of drug-likeness (QED) is 0.161. The van der Waals surface area contributed by atoms with Gasteiger partial charge in [-0.25, -0.2) is 15.0 Å². The molecule has 7 aromatic carbocycles. The van der Waals surface area contributed by atoms with Gasteiger partial charge in [-0.05, 0) is 84.9 Å². The topological polar surface area (TPSA) is 72.3 Å². The Kier molecular flexibility index (Phi) is 9.92. The molecule has 0 amide bonds. The molecule has 10 rings (SSSR count). The molecule has 0 fully saturated rings. The van der Waals surface area contributed by atoms with Crippen molar-refractivity contribution in [2.45, 2.75) is 24.7 Å². The van der Waals surface area contributed by atoms with Crippen LogP contribution in [0.1, 0.15) is 27.8 Å². The molecule has 0 saturated carbocycles. The third kappa shape index (κ3) is 7.49. The molecule has 3 heterocycles. The highest BCUT2D eigenvalue weighted by Gasteiger charge is 2.36.